The summed E-state index contributed by atoms with van der Waals surface area (Å²) < 4.78 is 5.25. The van der Waals surface area contributed by atoms with E-state index in [9.17, 15) is 14.4 Å². The molecular weight excluding hydrogens is 478 g/mol. The van der Waals surface area contributed by atoms with Gasteiger partial charge in [0.15, 0.2) is 5.78 Å². The number of carbonyl (C=O) groups excluding carboxylic acids is 3. The maximum atomic E-state index is 14.2. The fourth-order valence-electron chi connectivity index (χ4n) is 6.24. The van der Waals surface area contributed by atoms with E-state index in [2.05, 4.69) is 5.10 Å². The summed E-state index contributed by atoms with van der Waals surface area (Å²) in [5.41, 5.74) is 2.76. The second kappa shape index (κ2) is 8.38. The number of rotatable bonds is 4. The van der Waals surface area contributed by atoms with Crippen molar-refractivity contribution in [1.82, 2.24) is 5.01 Å². The molecule has 0 bridgehead atoms. The van der Waals surface area contributed by atoms with Gasteiger partial charge in [-0.3, -0.25) is 19.4 Å². The van der Waals surface area contributed by atoms with Crippen molar-refractivity contribution in [3.05, 3.63) is 108 Å². The van der Waals surface area contributed by atoms with Gasteiger partial charge in [-0.2, -0.15) is 5.10 Å². The van der Waals surface area contributed by atoms with Gasteiger partial charge >= 0.3 is 0 Å². The van der Waals surface area contributed by atoms with Crippen molar-refractivity contribution in [1.29, 1.82) is 0 Å². The molecule has 7 rings (SSSR count). The van der Waals surface area contributed by atoms with Crippen LogP contribution in [0.4, 0.5) is 5.69 Å². The number of hydrogen-bond acceptors (Lipinski definition) is 6. The third-order valence-corrected chi connectivity index (χ3v) is 7.94. The van der Waals surface area contributed by atoms with Gasteiger partial charge in [-0.1, -0.05) is 60.7 Å². The molecule has 0 unspecified atom stereocenters. The Morgan fingerprint density at radius 2 is 1.53 bits per heavy atom. The number of methoxy groups -OCH3 is 1. The predicted molar refractivity (Wildman–Crippen MR) is 143 cm³/mol. The Morgan fingerprint density at radius 1 is 0.816 bits per heavy atom. The molecule has 186 valence electrons. The number of anilines is 1. The number of fused-ring (bicyclic) bond motifs is 6. The van der Waals surface area contributed by atoms with Gasteiger partial charge in [-0.25, -0.2) is 4.90 Å². The van der Waals surface area contributed by atoms with E-state index in [0.29, 0.717) is 17.0 Å². The monoisotopic (exact) mass is 501 g/mol. The van der Waals surface area contributed by atoms with Crippen molar-refractivity contribution in [2.75, 3.05) is 12.0 Å². The lowest BCUT2D eigenvalue weighted by molar-refractivity contribution is -0.124. The zero-order chi connectivity index (χ0) is 26.0. The lowest BCUT2D eigenvalue weighted by Crippen LogP contribution is -2.44. The highest BCUT2D eigenvalue weighted by Crippen LogP contribution is 2.53. The molecule has 0 radical (unpaired) electrons. The van der Waals surface area contributed by atoms with Crippen molar-refractivity contribution < 1.29 is 19.1 Å². The van der Waals surface area contributed by atoms with Crippen LogP contribution < -0.4 is 9.64 Å². The molecule has 2 fully saturated rings. The second-order valence-electron chi connectivity index (χ2n) is 9.80. The van der Waals surface area contributed by atoms with E-state index in [0.717, 1.165) is 21.9 Å². The molecule has 4 aromatic carbocycles. The summed E-state index contributed by atoms with van der Waals surface area (Å²) in [6, 6.07) is 26.4. The van der Waals surface area contributed by atoms with Gasteiger partial charge in [0.2, 0.25) is 11.8 Å². The normalized spacial score (nSPS) is 23.4. The number of ketones is 1. The number of benzene rings is 4. The van der Waals surface area contributed by atoms with Crippen LogP contribution in [0.1, 0.15) is 27.5 Å². The van der Waals surface area contributed by atoms with Crippen LogP contribution in [0.5, 0.6) is 5.75 Å². The number of carbonyl (C=O) groups is 3. The number of ether oxygens (including phenoxy) is 1. The Balaban J connectivity index is 1.38. The maximum Gasteiger partial charge on any atom is 0.240 e. The second-order valence-corrected chi connectivity index (χ2v) is 9.80. The minimum absolute atomic E-state index is 0.248. The molecular formula is C31H23N3O4. The number of hydrazone groups is 1. The maximum absolute atomic E-state index is 14.2. The van der Waals surface area contributed by atoms with Crippen molar-refractivity contribution in [3.63, 3.8) is 0 Å². The Bertz CT molecular complexity index is 1660. The van der Waals surface area contributed by atoms with Gasteiger partial charge in [0.1, 0.15) is 11.8 Å². The molecule has 3 heterocycles. The van der Waals surface area contributed by atoms with E-state index in [-0.39, 0.29) is 17.6 Å². The van der Waals surface area contributed by atoms with Gasteiger partial charge in [0.25, 0.3) is 0 Å². The topological polar surface area (TPSA) is 79.3 Å². The van der Waals surface area contributed by atoms with Gasteiger partial charge in [-0.15, -0.1) is 0 Å². The lowest BCUT2D eigenvalue weighted by Gasteiger charge is -2.34. The molecule has 0 aliphatic carbocycles. The van der Waals surface area contributed by atoms with Crippen molar-refractivity contribution in [2.24, 2.45) is 16.9 Å². The SMILES string of the molecule is COc1ccc(C(=O)[C@H]2[C@H]3C(=O)N(c4cccc5ccccc45)C(=O)[C@H]3[C@@H]3c4ccccc4C=NN23)cc1. The summed E-state index contributed by atoms with van der Waals surface area (Å²) in [6.45, 7) is 0. The van der Waals surface area contributed by atoms with Crippen LogP contribution >= 0.6 is 0 Å². The van der Waals surface area contributed by atoms with Gasteiger partial charge in [0.05, 0.1) is 36.9 Å². The molecule has 0 N–H and O–H groups in total. The summed E-state index contributed by atoms with van der Waals surface area (Å²) in [6.07, 6.45) is 1.71. The first-order valence-corrected chi connectivity index (χ1v) is 12.5. The minimum Gasteiger partial charge on any atom is -0.497 e. The Morgan fingerprint density at radius 3 is 2.34 bits per heavy atom. The molecule has 7 nitrogen and oxygen atoms in total. The zero-order valence-electron chi connectivity index (χ0n) is 20.5. The molecule has 7 heteroatoms. The summed E-state index contributed by atoms with van der Waals surface area (Å²) >= 11 is 0. The summed E-state index contributed by atoms with van der Waals surface area (Å²) in [5.74, 6) is -1.91. The van der Waals surface area contributed by atoms with Crippen LogP contribution in [0.2, 0.25) is 0 Å². The molecule has 3 aliphatic rings. The molecule has 0 spiro atoms. The number of nitrogens with zero attached hydrogens (tertiary/aromatic N) is 3. The number of imide groups is 1. The average Bonchev–Trinajstić information content (AvgIpc) is 3.44. The molecule has 2 saturated heterocycles. The van der Waals surface area contributed by atoms with Crippen LogP contribution in [-0.4, -0.2) is 42.0 Å². The predicted octanol–water partition coefficient (Wildman–Crippen LogP) is 4.61. The molecule has 2 amide bonds. The fraction of sp³-hybridized carbons (Fsp3) is 0.161. The van der Waals surface area contributed by atoms with Crippen LogP contribution in [-0.2, 0) is 9.59 Å². The van der Waals surface area contributed by atoms with E-state index in [4.69, 9.17) is 4.74 Å². The first-order chi connectivity index (χ1) is 18.6. The quantitative estimate of drug-likeness (QED) is 0.301. The molecule has 3 aliphatic heterocycles. The van der Waals surface area contributed by atoms with Crippen molar-refractivity contribution >= 4 is 40.3 Å². The molecule has 4 aromatic rings. The van der Waals surface area contributed by atoms with Crippen LogP contribution in [0.25, 0.3) is 10.8 Å². The number of Topliss-reactive ketones (excluding diaryl/α,β-unsaturated/α-hetero) is 1. The summed E-state index contributed by atoms with van der Waals surface area (Å²) in [4.78, 5) is 43.7. The standard InChI is InChI=1S/C31H23N3O4/c1-38-21-15-13-19(14-16-21)29(35)28-26-25(27-23-11-5-3-8-20(23)17-32-34(27)28)30(36)33(31(26)37)24-12-6-9-18-7-2-4-10-22(18)24/h2-17,25-28H,1H3/t25-,26+,27+,28-/m1/s1. The molecule has 0 aromatic heterocycles. The fourth-order valence-corrected chi connectivity index (χ4v) is 6.24. The van der Waals surface area contributed by atoms with Crippen molar-refractivity contribution in [2.45, 2.75) is 12.1 Å². The Hall–Kier alpha value is -4.78. The molecule has 0 saturated carbocycles. The van der Waals surface area contributed by atoms with Crippen LogP contribution in [0.15, 0.2) is 96.1 Å². The molecule has 38 heavy (non-hydrogen) atoms. The lowest BCUT2D eigenvalue weighted by atomic mass is 9.83. The Labute approximate surface area is 218 Å². The number of hydrogen-bond donors (Lipinski definition) is 0. The zero-order valence-corrected chi connectivity index (χ0v) is 20.5. The highest BCUT2D eigenvalue weighted by molar-refractivity contribution is 6.27. The van der Waals surface area contributed by atoms with Crippen molar-refractivity contribution in [3.8, 4) is 5.75 Å². The van der Waals surface area contributed by atoms with Gasteiger partial charge in [-0.05, 0) is 46.8 Å². The summed E-state index contributed by atoms with van der Waals surface area (Å²) in [5, 5.41) is 8.06. The van der Waals surface area contributed by atoms with E-state index >= 15 is 0 Å². The van der Waals surface area contributed by atoms with E-state index < -0.39 is 23.9 Å². The minimum atomic E-state index is -0.917. The number of amides is 2. The van der Waals surface area contributed by atoms with E-state index in [1.165, 1.54) is 4.90 Å². The van der Waals surface area contributed by atoms with Gasteiger partial charge < -0.3 is 4.74 Å². The van der Waals surface area contributed by atoms with Crippen LogP contribution in [0.3, 0.4) is 0 Å². The van der Waals surface area contributed by atoms with Crippen LogP contribution in [0, 0.1) is 11.8 Å². The first-order valence-electron chi connectivity index (χ1n) is 12.5. The van der Waals surface area contributed by atoms with Gasteiger partial charge in [0, 0.05) is 10.9 Å². The van der Waals surface area contributed by atoms with E-state index in [1.807, 2.05) is 60.7 Å². The average molecular weight is 502 g/mol. The largest absolute Gasteiger partial charge is 0.497 e. The first kappa shape index (κ1) is 22.4. The smallest absolute Gasteiger partial charge is 0.240 e. The third-order valence-electron chi connectivity index (χ3n) is 7.94. The Kier molecular flexibility index (Phi) is 4.94. The summed E-state index contributed by atoms with van der Waals surface area (Å²) in [7, 11) is 1.56. The molecule has 4 atom stereocenters. The highest BCUT2D eigenvalue weighted by Gasteiger charge is 2.65. The van der Waals surface area contributed by atoms with E-state index in [1.54, 1.807) is 48.7 Å². The highest BCUT2D eigenvalue weighted by atomic mass is 16.5. The third kappa shape index (κ3) is 3.08.